The molecule has 114 valence electrons. The first kappa shape index (κ1) is 15.8. The summed E-state index contributed by atoms with van der Waals surface area (Å²) in [6.45, 7) is 2.05. The Hall–Kier alpha value is -1.56. The van der Waals surface area contributed by atoms with Gasteiger partial charge < -0.3 is 15.7 Å². The Kier molecular flexibility index (Phi) is 5.22. The van der Waals surface area contributed by atoms with E-state index in [4.69, 9.17) is 5.11 Å². The molecule has 1 atom stereocenters. The summed E-state index contributed by atoms with van der Waals surface area (Å²) < 4.78 is 0.651. The Morgan fingerprint density at radius 2 is 2.14 bits per heavy atom. The number of rotatable bonds is 6. The summed E-state index contributed by atoms with van der Waals surface area (Å²) in [5.74, 6) is -0.275. The molecule has 1 aliphatic rings. The quantitative estimate of drug-likeness (QED) is 0.725. The van der Waals surface area contributed by atoms with Crippen molar-refractivity contribution < 1.29 is 14.7 Å². The molecule has 0 bridgehead atoms. The van der Waals surface area contributed by atoms with Crippen molar-refractivity contribution in [3.63, 3.8) is 0 Å². The topological polar surface area (TPSA) is 78.4 Å². The molecule has 2 amide bonds. The lowest BCUT2D eigenvalue weighted by Crippen LogP contribution is -2.38. The number of urea groups is 1. The summed E-state index contributed by atoms with van der Waals surface area (Å²) in [6.07, 6.45) is 4.42. The molecule has 0 aromatic heterocycles. The molecular weight excluding hydrogens is 336 g/mol. The zero-order chi connectivity index (χ0) is 15.4. The highest BCUT2D eigenvalue weighted by molar-refractivity contribution is 9.10. The van der Waals surface area contributed by atoms with Crippen molar-refractivity contribution in [3.8, 4) is 0 Å². The van der Waals surface area contributed by atoms with E-state index >= 15 is 0 Å². The molecule has 5 nitrogen and oxygen atoms in total. The summed E-state index contributed by atoms with van der Waals surface area (Å²) in [4.78, 5) is 23.0. The van der Waals surface area contributed by atoms with Gasteiger partial charge in [0.1, 0.15) is 0 Å². The smallest absolute Gasteiger partial charge is 0.335 e. The van der Waals surface area contributed by atoms with Gasteiger partial charge >= 0.3 is 12.0 Å². The molecule has 0 saturated heterocycles. The molecule has 21 heavy (non-hydrogen) atoms. The number of carboxylic acid groups (broad SMARTS) is 1. The molecule has 3 N–H and O–H groups in total. The van der Waals surface area contributed by atoms with Gasteiger partial charge in [-0.3, -0.25) is 0 Å². The highest BCUT2D eigenvalue weighted by Crippen LogP contribution is 2.34. The van der Waals surface area contributed by atoms with Crippen LogP contribution in [-0.4, -0.2) is 23.1 Å². The van der Waals surface area contributed by atoms with Crippen LogP contribution in [0, 0.1) is 5.92 Å². The second-order valence-electron chi connectivity index (χ2n) is 5.38. The molecule has 6 heteroatoms. The minimum absolute atomic E-state index is 0.138. The van der Waals surface area contributed by atoms with Gasteiger partial charge in [-0.1, -0.05) is 19.8 Å². The van der Waals surface area contributed by atoms with Gasteiger partial charge in [0.2, 0.25) is 0 Å². The maximum atomic E-state index is 12.0. The standard InChI is InChI=1S/C15H19BrN2O3/c1-2-11(7-9-3-4-9)17-15(21)18-13-8-10(14(19)20)5-6-12(13)16/h5-6,8-9,11H,2-4,7H2,1H3,(H,19,20)(H2,17,18,21). The maximum Gasteiger partial charge on any atom is 0.335 e. The number of halogens is 1. The monoisotopic (exact) mass is 354 g/mol. The summed E-state index contributed by atoms with van der Waals surface area (Å²) in [7, 11) is 0. The minimum Gasteiger partial charge on any atom is -0.478 e. The molecule has 0 spiro atoms. The van der Waals surface area contributed by atoms with Gasteiger partial charge in [0, 0.05) is 10.5 Å². The number of aromatic carboxylic acids is 1. The number of hydrogen-bond acceptors (Lipinski definition) is 2. The molecule has 1 saturated carbocycles. The van der Waals surface area contributed by atoms with E-state index in [2.05, 4.69) is 26.6 Å². The summed E-state index contributed by atoms with van der Waals surface area (Å²) in [5, 5.41) is 14.6. The van der Waals surface area contributed by atoms with Crippen molar-refractivity contribution >= 4 is 33.6 Å². The fourth-order valence-electron chi connectivity index (χ4n) is 2.18. The Morgan fingerprint density at radius 3 is 2.71 bits per heavy atom. The lowest BCUT2D eigenvalue weighted by Gasteiger charge is -2.17. The highest BCUT2D eigenvalue weighted by Gasteiger charge is 2.25. The molecular formula is C15H19BrN2O3. The molecule has 1 aromatic carbocycles. The molecule has 1 unspecified atom stereocenters. The minimum atomic E-state index is -1.02. The first-order chi connectivity index (χ1) is 9.99. The molecule has 1 aliphatic carbocycles. The van der Waals surface area contributed by atoms with Crippen molar-refractivity contribution in [2.75, 3.05) is 5.32 Å². The van der Waals surface area contributed by atoms with E-state index in [-0.39, 0.29) is 17.6 Å². The van der Waals surface area contributed by atoms with E-state index in [1.165, 1.54) is 25.0 Å². The van der Waals surface area contributed by atoms with Crippen molar-refractivity contribution in [1.82, 2.24) is 5.32 Å². The van der Waals surface area contributed by atoms with Gasteiger partial charge in [0.25, 0.3) is 0 Å². The summed E-state index contributed by atoms with van der Waals surface area (Å²) in [6, 6.07) is 4.40. The summed E-state index contributed by atoms with van der Waals surface area (Å²) in [5.41, 5.74) is 0.590. The number of nitrogens with one attached hydrogen (secondary N) is 2. The van der Waals surface area contributed by atoms with E-state index in [1.54, 1.807) is 6.07 Å². The van der Waals surface area contributed by atoms with Crippen LogP contribution in [0.5, 0.6) is 0 Å². The third-order valence-electron chi connectivity index (χ3n) is 3.60. The second-order valence-corrected chi connectivity index (χ2v) is 6.24. The zero-order valence-electron chi connectivity index (χ0n) is 11.9. The van der Waals surface area contributed by atoms with Gasteiger partial charge in [-0.2, -0.15) is 0 Å². The number of carboxylic acids is 1. The largest absolute Gasteiger partial charge is 0.478 e. The Balaban J connectivity index is 1.97. The molecule has 0 radical (unpaired) electrons. The van der Waals surface area contributed by atoms with Crippen LogP contribution in [-0.2, 0) is 0 Å². The maximum absolute atomic E-state index is 12.0. The number of hydrogen-bond donors (Lipinski definition) is 3. The van der Waals surface area contributed by atoms with Gasteiger partial charge in [-0.15, -0.1) is 0 Å². The van der Waals surface area contributed by atoms with Gasteiger partial charge in [0.05, 0.1) is 11.3 Å². The third-order valence-corrected chi connectivity index (χ3v) is 4.30. The van der Waals surface area contributed by atoms with Crippen LogP contribution in [0.4, 0.5) is 10.5 Å². The lowest BCUT2D eigenvalue weighted by molar-refractivity contribution is 0.0697. The van der Waals surface area contributed by atoms with Gasteiger partial charge in [-0.05, 0) is 52.9 Å². The van der Waals surface area contributed by atoms with Gasteiger partial charge in [-0.25, -0.2) is 9.59 Å². The molecule has 0 aliphatic heterocycles. The summed E-state index contributed by atoms with van der Waals surface area (Å²) >= 11 is 3.31. The number of carbonyl (C=O) groups excluding carboxylic acids is 1. The molecule has 1 aromatic rings. The second kappa shape index (κ2) is 6.93. The predicted octanol–water partition coefficient (Wildman–Crippen LogP) is 3.85. The average Bonchev–Trinajstić information content (AvgIpc) is 3.24. The fourth-order valence-corrected chi connectivity index (χ4v) is 2.53. The normalized spacial score (nSPS) is 15.3. The Bertz CT molecular complexity index is 544. The first-order valence-electron chi connectivity index (χ1n) is 7.10. The van der Waals surface area contributed by atoms with E-state index in [0.29, 0.717) is 10.2 Å². The first-order valence-corrected chi connectivity index (χ1v) is 7.89. The molecule has 1 fully saturated rings. The van der Waals surface area contributed by atoms with E-state index < -0.39 is 5.97 Å². The van der Waals surface area contributed by atoms with Crippen LogP contribution in [0.3, 0.4) is 0 Å². The number of benzene rings is 1. The third kappa shape index (κ3) is 4.74. The van der Waals surface area contributed by atoms with Crippen molar-refractivity contribution in [3.05, 3.63) is 28.2 Å². The van der Waals surface area contributed by atoms with E-state index in [9.17, 15) is 9.59 Å². The highest BCUT2D eigenvalue weighted by atomic mass is 79.9. The lowest BCUT2D eigenvalue weighted by atomic mass is 10.1. The zero-order valence-corrected chi connectivity index (χ0v) is 13.4. The molecule has 2 rings (SSSR count). The molecule has 0 heterocycles. The van der Waals surface area contributed by atoms with Crippen LogP contribution < -0.4 is 10.6 Å². The van der Waals surface area contributed by atoms with E-state index in [1.807, 2.05) is 6.92 Å². The van der Waals surface area contributed by atoms with Crippen molar-refractivity contribution in [2.45, 2.75) is 38.6 Å². The Labute approximate surface area is 132 Å². The van der Waals surface area contributed by atoms with Crippen molar-refractivity contribution in [1.29, 1.82) is 0 Å². The number of carbonyl (C=O) groups is 2. The number of anilines is 1. The fraction of sp³-hybridized carbons (Fsp3) is 0.467. The van der Waals surface area contributed by atoms with Crippen LogP contribution in [0.25, 0.3) is 0 Å². The van der Waals surface area contributed by atoms with Crippen LogP contribution in [0.1, 0.15) is 43.0 Å². The van der Waals surface area contributed by atoms with Crippen LogP contribution >= 0.6 is 15.9 Å². The van der Waals surface area contributed by atoms with Crippen molar-refractivity contribution in [2.24, 2.45) is 5.92 Å². The average molecular weight is 355 g/mol. The Morgan fingerprint density at radius 1 is 1.43 bits per heavy atom. The SMILES string of the molecule is CCC(CC1CC1)NC(=O)Nc1cc(C(=O)O)ccc1Br. The van der Waals surface area contributed by atoms with Crippen LogP contribution in [0.2, 0.25) is 0 Å². The number of amides is 2. The predicted molar refractivity (Wildman–Crippen MR) is 84.7 cm³/mol. The van der Waals surface area contributed by atoms with E-state index in [0.717, 1.165) is 18.8 Å². The van der Waals surface area contributed by atoms with Crippen LogP contribution in [0.15, 0.2) is 22.7 Å². The van der Waals surface area contributed by atoms with Gasteiger partial charge in [0.15, 0.2) is 0 Å².